The number of nitrogens with one attached hydrogen (secondary N) is 1. The lowest BCUT2D eigenvalue weighted by Gasteiger charge is -2.29. The van der Waals surface area contributed by atoms with E-state index in [9.17, 15) is 14.7 Å². The Hall–Kier alpha value is -1.54. The first kappa shape index (κ1) is 24.5. The molecule has 1 unspecified atom stereocenters. The molecular weight excluding hydrogens is 407 g/mol. The second-order valence-electron chi connectivity index (χ2n) is 7.09. The molecule has 9 heteroatoms. The standard InChI is InChI=1S/C10H11Cl2NO2.C9H17NO3/c11-5-10(15)13-6-9(14)7-2-1-3-8(12)4-7;1-9(2,3)13-8(11)10-4-6-12-7-5-10/h1-4,9,14H,5-6H2,(H,13,15);4-7H2,1-3H3. The molecule has 0 bridgehead atoms. The Balaban J connectivity index is 0.000000283. The lowest BCUT2D eigenvalue weighted by atomic mass is 10.1. The summed E-state index contributed by atoms with van der Waals surface area (Å²) < 4.78 is 10.3. The number of nitrogens with zero attached hydrogens (tertiary/aromatic N) is 1. The number of hydrogen-bond donors (Lipinski definition) is 2. The number of carbonyl (C=O) groups excluding carboxylic acids is 2. The number of ether oxygens (including phenoxy) is 2. The number of halogens is 2. The highest BCUT2D eigenvalue weighted by atomic mass is 35.5. The van der Waals surface area contributed by atoms with Gasteiger partial charge in [0.15, 0.2) is 0 Å². The molecule has 0 saturated carbocycles. The molecule has 1 atom stereocenters. The van der Waals surface area contributed by atoms with E-state index in [0.29, 0.717) is 36.9 Å². The SMILES string of the molecule is CC(C)(C)OC(=O)N1CCOCC1.O=C(CCl)NCC(O)c1cccc(Cl)c1. The molecule has 1 aliphatic heterocycles. The molecule has 1 saturated heterocycles. The summed E-state index contributed by atoms with van der Waals surface area (Å²) in [6, 6.07) is 6.85. The summed E-state index contributed by atoms with van der Waals surface area (Å²) in [6.07, 6.45) is -1.01. The van der Waals surface area contributed by atoms with Gasteiger partial charge in [0.2, 0.25) is 5.91 Å². The van der Waals surface area contributed by atoms with E-state index in [0.717, 1.165) is 0 Å². The van der Waals surface area contributed by atoms with Crippen LogP contribution in [0, 0.1) is 0 Å². The number of benzene rings is 1. The van der Waals surface area contributed by atoms with Gasteiger partial charge in [-0.1, -0.05) is 23.7 Å². The smallest absolute Gasteiger partial charge is 0.410 e. The van der Waals surface area contributed by atoms with Crippen LogP contribution in [0.5, 0.6) is 0 Å². The second kappa shape index (κ2) is 12.1. The number of hydrogen-bond acceptors (Lipinski definition) is 5. The van der Waals surface area contributed by atoms with Gasteiger partial charge in [-0.15, -0.1) is 11.6 Å². The Morgan fingerprint density at radius 1 is 1.32 bits per heavy atom. The first-order chi connectivity index (χ1) is 13.1. The molecule has 2 rings (SSSR count). The van der Waals surface area contributed by atoms with Crippen LogP contribution in [0.4, 0.5) is 4.79 Å². The number of amides is 2. The average molecular weight is 435 g/mol. The largest absolute Gasteiger partial charge is 0.444 e. The van der Waals surface area contributed by atoms with E-state index in [1.165, 1.54) is 0 Å². The lowest BCUT2D eigenvalue weighted by molar-refractivity contribution is -0.119. The van der Waals surface area contributed by atoms with Crippen LogP contribution in [0.3, 0.4) is 0 Å². The molecule has 28 heavy (non-hydrogen) atoms. The van der Waals surface area contributed by atoms with E-state index in [-0.39, 0.29) is 24.4 Å². The first-order valence-electron chi connectivity index (χ1n) is 8.94. The molecular formula is C19H28Cl2N2O5. The second-order valence-corrected chi connectivity index (χ2v) is 7.79. The predicted molar refractivity (Wildman–Crippen MR) is 109 cm³/mol. The fraction of sp³-hybridized carbons (Fsp3) is 0.579. The van der Waals surface area contributed by atoms with Crippen LogP contribution >= 0.6 is 23.2 Å². The molecule has 0 aliphatic carbocycles. The molecule has 1 fully saturated rings. The summed E-state index contributed by atoms with van der Waals surface area (Å²) in [7, 11) is 0. The van der Waals surface area contributed by atoms with E-state index in [1.54, 1.807) is 29.2 Å². The average Bonchev–Trinajstić information content (AvgIpc) is 2.65. The van der Waals surface area contributed by atoms with Gasteiger partial charge >= 0.3 is 6.09 Å². The molecule has 0 aromatic heterocycles. The Kier molecular flexibility index (Phi) is 10.6. The number of aliphatic hydroxyl groups is 1. The van der Waals surface area contributed by atoms with E-state index in [1.807, 2.05) is 20.8 Å². The van der Waals surface area contributed by atoms with Gasteiger partial charge in [0.1, 0.15) is 11.5 Å². The maximum absolute atomic E-state index is 11.5. The van der Waals surface area contributed by atoms with Crippen LogP contribution in [-0.2, 0) is 14.3 Å². The third-order valence-corrected chi connectivity index (χ3v) is 3.99. The van der Waals surface area contributed by atoms with E-state index >= 15 is 0 Å². The molecule has 7 nitrogen and oxygen atoms in total. The van der Waals surface area contributed by atoms with Crippen LogP contribution < -0.4 is 5.32 Å². The van der Waals surface area contributed by atoms with Crippen molar-refractivity contribution in [2.24, 2.45) is 0 Å². The van der Waals surface area contributed by atoms with Crippen LogP contribution in [0.25, 0.3) is 0 Å². The van der Waals surface area contributed by atoms with Gasteiger partial charge in [0.05, 0.1) is 19.3 Å². The van der Waals surface area contributed by atoms with Crippen molar-refractivity contribution in [2.45, 2.75) is 32.5 Å². The highest BCUT2D eigenvalue weighted by Crippen LogP contribution is 2.17. The third-order valence-electron chi connectivity index (χ3n) is 3.51. The number of rotatable bonds is 4. The topological polar surface area (TPSA) is 88.1 Å². The number of aliphatic hydroxyl groups excluding tert-OH is 1. The van der Waals surface area contributed by atoms with Gasteiger partial charge in [-0.05, 0) is 38.5 Å². The van der Waals surface area contributed by atoms with Gasteiger partial charge in [-0.25, -0.2) is 4.79 Å². The maximum Gasteiger partial charge on any atom is 0.410 e. The van der Waals surface area contributed by atoms with Gasteiger partial charge in [-0.3, -0.25) is 4.79 Å². The summed E-state index contributed by atoms with van der Waals surface area (Å²) in [6.45, 7) is 8.22. The third kappa shape index (κ3) is 10.1. The van der Waals surface area contributed by atoms with Crippen molar-refractivity contribution in [3.8, 4) is 0 Å². The first-order valence-corrected chi connectivity index (χ1v) is 9.85. The molecule has 0 spiro atoms. The predicted octanol–water partition coefficient (Wildman–Crippen LogP) is 2.98. The van der Waals surface area contributed by atoms with Crippen molar-refractivity contribution in [2.75, 3.05) is 38.7 Å². The molecule has 0 radical (unpaired) electrons. The zero-order valence-electron chi connectivity index (χ0n) is 16.4. The fourth-order valence-electron chi connectivity index (χ4n) is 2.16. The molecule has 1 aliphatic rings. The van der Waals surface area contributed by atoms with Crippen molar-refractivity contribution in [3.05, 3.63) is 34.9 Å². The van der Waals surface area contributed by atoms with Gasteiger partial charge < -0.3 is 24.8 Å². The number of carbonyl (C=O) groups is 2. The minimum atomic E-state index is -0.768. The molecule has 1 heterocycles. The Bertz CT molecular complexity index is 631. The van der Waals surface area contributed by atoms with Gasteiger partial charge in [-0.2, -0.15) is 0 Å². The summed E-state index contributed by atoms with van der Waals surface area (Å²) in [5.74, 6) is -0.417. The van der Waals surface area contributed by atoms with Crippen molar-refractivity contribution in [3.63, 3.8) is 0 Å². The molecule has 158 valence electrons. The van der Waals surface area contributed by atoms with Crippen molar-refractivity contribution in [1.29, 1.82) is 0 Å². The van der Waals surface area contributed by atoms with Crippen molar-refractivity contribution in [1.82, 2.24) is 10.2 Å². The van der Waals surface area contributed by atoms with Gasteiger partial charge in [0, 0.05) is 24.7 Å². The minimum Gasteiger partial charge on any atom is -0.444 e. The van der Waals surface area contributed by atoms with E-state index in [2.05, 4.69) is 5.32 Å². The maximum atomic E-state index is 11.5. The van der Waals surface area contributed by atoms with Crippen molar-refractivity contribution >= 4 is 35.2 Å². The zero-order chi connectivity index (χ0) is 21.2. The molecule has 2 amide bonds. The number of morpholine rings is 1. The minimum absolute atomic E-state index is 0.109. The Morgan fingerprint density at radius 2 is 1.96 bits per heavy atom. The summed E-state index contributed by atoms with van der Waals surface area (Å²) >= 11 is 11.1. The molecule has 1 aromatic carbocycles. The fourth-order valence-corrected chi connectivity index (χ4v) is 2.46. The zero-order valence-corrected chi connectivity index (χ0v) is 17.9. The summed E-state index contributed by atoms with van der Waals surface area (Å²) in [5, 5.41) is 12.7. The highest BCUT2D eigenvalue weighted by Gasteiger charge is 2.23. The van der Waals surface area contributed by atoms with Crippen LogP contribution in [0.2, 0.25) is 5.02 Å². The summed E-state index contributed by atoms with van der Waals surface area (Å²) in [4.78, 5) is 24.0. The highest BCUT2D eigenvalue weighted by molar-refractivity contribution is 6.30. The van der Waals surface area contributed by atoms with Gasteiger partial charge in [0.25, 0.3) is 0 Å². The van der Waals surface area contributed by atoms with E-state index < -0.39 is 11.7 Å². The Labute approximate surface area is 175 Å². The Morgan fingerprint density at radius 3 is 2.50 bits per heavy atom. The van der Waals surface area contributed by atoms with Crippen molar-refractivity contribution < 1.29 is 24.2 Å². The summed E-state index contributed by atoms with van der Waals surface area (Å²) in [5.41, 5.74) is 0.257. The quantitative estimate of drug-likeness (QED) is 0.710. The monoisotopic (exact) mass is 434 g/mol. The lowest BCUT2D eigenvalue weighted by Crippen LogP contribution is -2.43. The molecule has 1 aromatic rings. The van der Waals surface area contributed by atoms with E-state index in [4.69, 9.17) is 32.7 Å². The molecule has 2 N–H and O–H groups in total. The normalized spacial score (nSPS) is 15.1. The van der Waals surface area contributed by atoms with Crippen LogP contribution in [0.1, 0.15) is 32.4 Å². The number of alkyl halides is 1. The van der Waals surface area contributed by atoms with Crippen LogP contribution in [-0.4, -0.2) is 66.3 Å². The van der Waals surface area contributed by atoms with Crippen LogP contribution in [0.15, 0.2) is 24.3 Å².